The summed E-state index contributed by atoms with van der Waals surface area (Å²) in [6.45, 7) is 6.76. The van der Waals surface area contributed by atoms with Crippen LogP contribution in [-0.4, -0.2) is 59.8 Å². The van der Waals surface area contributed by atoms with Gasteiger partial charge in [-0.05, 0) is 76.2 Å². The van der Waals surface area contributed by atoms with E-state index >= 15 is 0 Å². The van der Waals surface area contributed by atoms with Crippen molar-refractivity contribution in [2.24, 2.45) is 5.92 Å². The number of carbonyl (C=O) groups excluding carboxylic acids is 3. The molecule has 3 N–H and O–H groups in total. The predicted octanol–water partition coefficient (Wildman–Crippen LogP) is 4.54. The normalized spacial score (nSPS) is 19.5. The van der Waals surface area contributed by atoms with Gasteiger partial charge in [0.05, 0.1) is 10.6 Å². The van der Waals surface area contributed by atoms with E-state index in [9.17, 15) is 18.8 Å². The Hall–Kier alpha value is -2.85. The molecule has 1 saturated carbocycles. The molecule has 3 rings (SSSR count). The van der Waals surface area contributed by atoms with E-state index in [2.05, 4.69) is 32.9 Å². The van der Waals surface area contributed by atoms with Crippen molar-refractivity contribution < 1.29 is 18.8 Å². The van der Waals surface area contributed by atoms with Crippen LogP contribution >= 0.6 is 11.3 Å². The number of Topliss-reactive ketones (excluding diaryl/α,β-unsaturated/α-hetero) is 1. The van der Waals surface area contributed by atoms with Gasteiger partial charge in [0.15, 0.2) is 10.9 Å². The number of rotatable bonds is 11. The minimum atomic E-state index is -0.361. The minimum Gasteiger partial charge on any atom is -0.353 e. The highest BCUT2D eigenvalue weighted by molar-refractivity contribution is 7.17. The molecule has 1 heterocycles. The summed E-state index contributed by atoms with van der Waals surface area (Å²) in [5.41, 5.74) is 1.72. The van der Waals surface area contributed by atoms with Crippen molar-refractivity contribution in [1.29, 1.82) is 0 Å². The smallest absolute Gasteiger partial charge is 0.321 e. The first-order valence-corrected chi connectivity index (χ1v) is 13.7. The van der Waals surface area contributed by atoms with E-state index in [4.69, 9.17) is 0 Å². The second-order valence-corrected chi connectivity index (χ2v) is 10.9. The van der Waals surface area contributed by atoms with Crippen molar-refractivity contribution in [3.05, 3.63) is 46.2 Å². The molecule has 3 unspecified atom stereocenters. The summed E-state index contributed by atoms with van der Waals surface area (Å²) in [5, 5.41) is 9.35. The maximum absolute atomic E-state index is 13.1. The topological polar surface area (TPSA) is 103 Å². The molecular formula is C27H38FN5O3S. The number of nitrogens with one attached hydrogen (secondary N) is 3. The molecule has 0 aliphatic heterocycles. The number of carbonyl (C=O) groups is 3. The zero-order chi connectivity index (χ0) is 26.9. The first-order valence-electron chi connectivity index (χ1n) is 12.9. The van der Waals surface area contributed by atoms with E-state index in [1.54, 1.807) is 6.92 Å². The Morgan fingerprint density at radius 2 is 1.89 bits per heavy atom. The molecule has 3 atom stereocenters. The lowest BCUT2D eigenvalue weighted by atomic mass is 9.81. The van der Waals surface area contributed by atoms with Crippen molar-refractivity contribution in [2.75, 3.05) is 25.5 Å². The molecule has 1 aliphatic rings. The van der Waals surface area contributed by atoms with Gasteiger partial charge >= 0.3 is 6.03 Å². The largest absolute Gasteiger partial charge is 0.353 e. The van der Waals surface area contributed by atoms with E-state index < -0.39 is 0 Å². The number of hydrogen-bond donors (Lipinski definition) is 3. The molecule has 3 amide bonds. The lowest BCUT2D eigenvalue weighted by molar-refractivity contribution is -0.121. The number of nitrogens with zero attached hydrogens (tertiary/aromatic N) is 2. The van der Waals surface area contributed by atoms with Crippen LogP contribution in [0.2, 0.25) is 0 Å². The Balaban J connectivity index is 1.58. The summed E-state index contributed by atoms with van der Waals surface area (Å²) in [6.07, 6.45) is 4.66. The summed E-state index contributed by atoms with van der Waals surface area (Å²) in [5.74, 6) is -0.0621. The number of ketones is 1. The number of halogens is 1. The first kappa shape index (κ1) is 28.7. The second-order valence-electron chi connectivity index (χ2n) is 9.88. The molecule has 37 heavy (non-hydrogen) atoms. The van der Waals surface area contributed by atoms with Gasteiger partial charge in [-0.15, -0.1) is 0 Å². The fourth-order valence-corrected chi connectivity index (χ4v) is 5.72. The van der Waals surface area contributed by atoms with Gasteiger partial charge in [-0.3, -0.25) is 14.9 Å². The van der Waals surface area contributed by atoms with Crippen molar-refractivity contribution in [3.8, 4) is 0 Å². The van der Waals surface area contributed by atoms with Crippen LogP contribution in [-0.2, 0) is 11.2 Å². The van der Waals surface area contributed by atoms with E-state index in [-0.39, 0.29) is 41.5 Å². The molecular weight excluding hydrogens is 493 g/mol. The number of urea groups is 1. The fraction of sp³-hybridized carbons (Fsp3) is 0.556. The molecule has 1 aromatic heterocycles. The van der Waals surface area contributed by atoms with Crippen LogP contribution in [0.1, 0.15) is 66.9 Å². The van der Waals surface area contributed by atoms with Crippen LogP contribution in [0.3, 0.4) is 0 Å². The van der Waals surface area contributed by atoms with Gasteiger partial charge < -0.3 is 15.5 Å². The average Bonchev–Trinajstić information content (AvgIpc) is 3.21. The van der Waals surface area contributed by atoms with Gasteiger partial charge in [-0.2, -0.15) is 0 Å². The molecule has 1 fully saturated rings. The molecule has 0 bridgehead atoms. The highest BCUT2D eigenvalue weighted by atomic mass is 32.1. The standard InChI is InChI=1S/C27H38FN5O3S/c1-5-24(35)30-22-13-10-20(16-33(4)14-6-7-19-8-11-21(28)12-9-19)23(15-22)31-26(36)32-27-29-17(2)25(37-27)18(3)34/h8-9,11-12,20,22-23H,5-7,10,13-16H2,1-4H3,(H,30,35)(H2,29,31,32,36). The minimum absolute atomic E-state index is 0.0135. The van der Waals surface area contributed by atoms with Gasteiger partial charge in [0, 0.05) is 32.0 Å². The fourth-order valence-electron chi connectivity index (χ4n) is 4.86. The van der Waals surface area contributed by atoms with E-state index in [0.717, 1.165) is 44.3 Å². The molecule has 10 heteroatoms. The summed E-state index contributed by atoms with van der Waals surface area (Å²) in [6, 6.07) is 6.16. The zero-order valence-corrected chi connectivity index (χ0v) is 22.9. The lowest BCUT2D eigenvalue weighted by Gasteiger charge is -2.38. The Kier molecular flexibility index (Phi) is 10.6. The number of thiazole rings is 1. The molecule has 8 nitrogen and oxygen atoms in total. The highest BCUT2D eigenvalue weighted by Gasteiger charge is 2.33. The average molecular weight is 532 g/mol. The van der Waals surface area contributed by atoms with Gasteiger partial charge in [0.25, 0.3) is 0 Å². The highest BCUT2D eigenvalue weighted by Crippen LogP contribution is 2.27. The maximum Gasteiger partial charge on any atom is 0.321 e. The second kappa shape index (κ2) is 13.6. The number of benzene rings is 1. The van der Waals surface area contributed by atoms with Crippen LogP contribution in [0.4, 0.5) is 14.3 Å². The maximum atomic E-state index is 13.1. The van der Waals surface area contributed by atoms with Gasteiger partial charge in [-0.25, -0.2) is 14.2 Å². The van der Waals surface area contributed by atoms with E-state index in [1.165, 1.54) is 30.4 Å². The Morgan fingerprint density at radius 3 is 2.54 bits per heavy atom. The quantitative estimate of drug-likeness (QED) is 0.369. The number of hydrogen-bond acceptors (Lipinski definition) is 6. The van der Waals surface area contributed by atoms with Crippen LogP contribution in [0.5, 0.6) is 0 Å². The monoisotopic (exact) mass is 531 g/mol. The third-order valence-electron chi connectivity index (χ3n) is 6.80. The molecule has 0 radical (unpaired) electrons. The van der Waals surface area contributed by atoms with E-state index in [0.29, 0.717) is 28.5 Å². The van der Waals surface area contributed by atoms with Crippen molar-refractivity contribution >= 4 is 34.2 Å². The van der Waals surface area contributed by atoms with Crippen LogP contribution in [0.25, 0.3) is 0 Å². The number of amides is 3. The van der Waals surface area contributed by atoms with E-state index in [1.807, 2.05) is 19.1 Å². The van der Waals surface area contributed by atoms with Crippen LogP contribution in [0, 0.1) is 18.7 Å². The number of anilines is 1. The number of aryl methyl sites for hydroxylation is 2. The Morgan fingerprint density at radius 1 is 1.16 bits per heavy atom. The third kappa shape index (κ3) is 8.89. The van der Waals surface area contributed by atoms with Gasteiger partial charge in [-0.1, -0.05) is 30.4 Å². The summed E-state index contributed by atoms with van der Waals surface area (Å²) >= 11 is 1.17. The SMILES string of the molecule is CCC(=O)NC1CCC(CN(C)CCCc2ccc(F)cc2)C(NC(=O)Nc2nc(C)c(C(C)=O)s2)C1. The van der Waals surface area contributed by atoms with Crippen LogP contribution < -0.4 is 16.0 Å². The molecule has 1 aliphatic carbocycles. The van der Waals surface area contributed by atoms with Crippen LogP contribution in [0.15, 0.2) is 24.3 Å². The molecule has 1 aromatic carbocycles. The van der Waals surface area contributed by atoms with Gasteiger partial charge in [0.1, 0.15) is 5.82 Å². The first-order chi connectivity index (χ1) is 17.6. The van der Waals surface area contributed by atoms with Crippen molar-refractivity contribution in [3.63, 3.8) is 0 Å². The Bertz CT molecular complexity index is 1070. The molecule has 202 valence electrons. The van der Waals surface area contributed by atoms with Crippen molar-refractivity contribution in [2.45, 2.75) is 71.4 Å². The Labute approximate surface area is 222 Å². The van der Waals surface area contributed by atoms with Crippen molar-refractivity contribution in [1.82, 2.24) is 20.5 Å². The summed E-state index contributed by atoms with van der Waals surface area (Å²) < 4.78 is 13.1. The molecule has 0 saturated heterocycles. The lowest BCUT2D eigenvalue weighted by Crippen LogP contribution is -2.53. The third-order valence-corrected chi connectivity index (χ3v) is 7.97. The molecule has 0 spiro atoms. The van der Waals surface area contributed by atoms with Gasteiger partial charge in [0.2, 0.25) is 5.91 Å². The zero-order valence-electron chi connectivity index (χ0n) is 22.1. The molecule has 2 aromatic rings. The summed E-state index contributed by atoms with van der Waals surface area (Å²) in [7, 11) is 2.08. The summed E-state index contributed by atoms with van der Waals surface area (Å²) in [4.78, 5) is 43.7. The number of aromatic nitrogens is 1. The predicted molar refractivity (Wildman–Crippen MR) is 145 cm³/mol.